The molecule has 0 aliphatic heterocycles. The molecule has 2 atom stereocenters. The molecule has 1 aliphatic rings. The molecule has 2 rings (SSSR count). The van der Waals surface area contributed by atoms with Crippen LogP contribution in [0.15, 0.2) is 24.3 Å². The van der Waals surface area contributed by atoms with Crippen molar-refractivity contribution >= 4 is 5.91 Å². The first-order valence-electron chi connectivity index (χ1n) is 7.73. The molecule has 0 aromatic heterocycles. The number of amides is 1. The summed E-state index contributed by atoms with van der Waals surface area (Å²) in [7, 11) is 1.94. The lowest BCUT2D eigenvalue weighted by Gasteiger charge is -2.22. The molecule has 0 saturated heterocycles. The number of rotatable bonds is 6. The number of nitrogens with one attached hydrogen (secondary N) is 1. The maximum atomic E-state index is 11.9. The lowest BCUT2D eigenvalue weighted by atomic mass is 10.1. The van der Waals surface area contributed by atoms with E-state index in [2.05, 4.69) is 24.4 Å². The van der Waals surface area contributed by atoms with Gasteiger partial charge in [-0.3, -0.25) is 9.69 Å². The van der Waals surface area contributed by atoms with Gasteiger partial charge < -0.3 is 10.4 Å². The molecule has 0 spiro atoms. The summed E-state index contributed by atoms with van der Waals surface area (Å²) >= 11 is 0. The molecule has 2 N–H and O–H groups in total. The topological polar surface area (TPSA) is 52.6 Å². The molecule has 1 amide bonds. The van der Waals surface area contributed by atoms with Crippen LogP contribution >= 0.6 is 0 Å². The maximum Gasteiger partial charge on any atom is 0.234 e. The quantitative estimate of drug-likeness (QED) is 0.838. The molecule has 1 aromatic rings. The Hall–Kier alpha value is -1.39. The monoisotopic (exact) mass is 290 g/mol. The Balaban J connectivity index is 1.70. The second-order valence-corrected chi connectivity index (χ2v) is 6.22. The average molecular weight is 290 g/mol. The number of aryl methyl sites for hydroxylation is 1. The van der Waals surface area contributed by atoms with Crippen LogP contribution in [-0.2, 0) is 11.3 Å². The van der Waals surface area contributed by atoms with E-state index in [0.717, 1.165) is 31.4 Å². The van der Waals surface area contributed by atoms with Crippen LogP contribution in [0.2, 0.25) is 0 Å². The number of nitrogens with zero attached hydrogens (tertiary/aromatic N) is 1. The van der Waals surface area contributed by atoms with E-state index in [0.29, 0.717) is 19.0 Å². The molecular formula is C17H26N2O2. The van der Waals surface area contributed by atoms with E-state index < -0.39 is 0 Å². The minimum absolute atomic E-state index is 0.0329. The predicted octanol–water partition coefficient (Wildman–Crippen LogP) is 1.70. The molecule has 116 valence electrons. The fraction of sp³-hybridized carbons (Fsp3) is 0.588. The molecule has 4 nitrogen and oxygen atoms in total. The fourth-order valence-corrected chi connectivity index (χ4v) is 2.90. The van der Waals surface area contributed by atoms with Crippen molar-refractivity contribution in [3.05, 3.63) is 35.4 Å². The highest BCUT2D eigenvalue weighted by Crippen LogP contribution is 2.25. The van der Waals surface area contributed by atoms with Gasteiger partial charge in [0.2, 0.25) is 5.91 Å². The number of benzene rings is 1. The Morgan fingerprint density at radius 1 is 1.33 bits per heavy atom. The van der Waals surface area contributed by atoms with Gasteiger partial charge in [-0.25, -0.2) is 0 Å². The van der Waals surface area contributed by atoms with Crippen molar-refractivity contribution < 1.29 is 9.90 Å². The number of carbonyl (C=O) groups is 1. The SMILES string of the molecule is Cc1ccc(CNC(=O)CN(C)CC2CCCC2O)cc1. The Labute approximate surface area is 127 Å². The number of hydrogen-bond acceptors (Lipinski definition) is 3. The van der Waals surface area contributed by atoms with Crippen LogP contribution in [0.5, 0.6) is 0 Å². The molecule has 1 aliphatic carbocycles. The largest absolute Gasteiger partial charge is 0.393 e. The van der Waals surface area contributed by atoms with Gasteiger partial charge in [-0.15, -0.1) is 0 Å². The Kier molecular flexibility index (Phi) is 5.76. The van der Waals surface area contributed by atoms with Crippen LogP contribution in [-0.4, -0.2) is 42.2 Å². The van der Waals surface area contributed by atoms with Gasteiger partial charge in [-0.05, 0) is 38.3 Å². The standard InChI is InChI=1S/C17H26N2O2/c1-13-6-8-14(9-7-13)10-18-17(21)12-19(2)11-15-4-3-5-16(15)20/h6-9,15-16,20H,3-5,10-12H2,1-2H3,(H,18,21). The van der Waals surface area contributed by atoms with Gasteiger partial charge in [0, 0.05) is 13.1 Å². The van der Waals surface area contributed by atoms with Crippen LogP contribution in [0.1, 0.15) is 30.4 Å². The zero-order valence-electron chi connectivity index (χ0n) is 13.0. The van der Waals surface area contributed by atoms with E-state index in [1.807, 2.05) is 24.1 Å². The van der Waals surface area contributed by atoms with E-state index in [-0.39, 0.29) is 12.0 Å². The van der Waals surface area contributed by atoms with Crippen molar-refractivity contribution in [1.82, 2.24) is 10.2 Å². The maximum absolute atomic E-state index is 11.9. The number of hydrogen-bond donors (Lipinski definition) is 2. The molecule has 21 heavy (non-hydrogen) atoms. The van der Waals surface area contributed by atoms with Crippen molar-refractivity contribution in [2.75, 3.05) is 20.1 Å². The number of aliphatic hydroxyl groups excluding tert-OH is 1. The fourth-order valence-electron chi connectivity index (χ4n) is 2.90. The molecular weight excluding hydrogens is 264 g/mol. The molecule has 0 radical (unpaired) electrons. The second-order valence-electron chi connectivity index (χ2n) is 6.22. The number of likely N-dealkylation sites (N-methyl/N-ethyl adjacent to an activating group) is 1. The summed E-state index contributed by atoms with van der Waals surface area (Å²) in [6, 6.07) is 8.17. The van der Waals surface area contributed by atoms with Crippen molar-refractivity contribution in [1.29, 1.82) is 0 Å². The van der Waals surface area contributed by atoms with Gasteiger partial charge in [0.1, 0.15) is 0 Å². The van der Waals surface area contributed by atoms with E-state index in [9.17, 15) is 9.90 Å². The van der Waals surface area contributed by atoms with Gasteiger partial charge in [0.15, 0.2) is 0 Å². The van der Waals surface area contributed by atoms with Crippen LogP contribution in [0.3, 0.4) is 0 Å². The molecule has 4 heteroatoms. The molecule has 0 bridgehead atoms. The van der Waals surface area contributed by atoms with Crippen LogP contribution < -0.4 is 5.32 Å². The van der Waals surface area contributed by atoms with E-state index in [4.69, 9.17) is 0 Å². The predicted molar refractivity (Wildman–Crippen MR) is 83.9 cm³/mol. The zero-order chi connectivity index (χ0) is 15.2. The third-order valence-electron chi connectivity index (χ3n) is 4.19. The molecule has 1 fully saturated rings. The van der Waals surface area contributed by atoms with Gasteiger partial charge in [-0.2, -0.15) is 0 Å². The number of carbonyl (C=O) groups excluding carboxylic acids is 1. The Bertz CT molecular complexity index is 458. The normalized spacial score (nSPS) is 21.7. The van der Waals surface area contributed by atoms with Crippen molar-refractivity contribution in [2.24, 2.45) is 5.92 Å². The van der Waals surface area contributed by atoms with Crippen LogP contribution in [0, 0.1) is 12.8 Å². The zero-order valence-corrected chi connectivity index (χ0v) is 13.0. The van der Waals surface area contributed by atoms with Crippen LogP contribution in [0.25, 0.3) is 0 Å². The highest BCUT2D eigenvalue weighted by Gasteiger charge is 2.26. The number of aliphatic hydroxyl groups is 1. The van der Waals surface area contributed by atoms with Gasteiger partial charge >= 0.3 is 0 Å². The average Bonchev–Trinajstić information content (AvgIpc) is 2.83. The third-order valence-corrected chi connectivity index (χ3v) is 4.19. The van der Waals surface area contributed by atoms with Crippen LogP contribution in [0.4, 0.5) is 0 Å². The van der Waals surface area contributed by atoms with Crippen molar-refractivity contribution in [3.63, 3.8) is 0 Å². The minimum Gasteiger partial charge on any atom is -0.393 e. The lowest BCUT2D eigenvalue weighted by Crippen LogP contribution is -2.38. The molecule has 1 saturated carbocycles. The summed E-state index contributed by atoms with van der Waals surface area (Å²) in [6.07, 6.45) is 2.87. The van der Waals surface area contributed by atoms with E-state index in [1.54, 1.807) is 0 Å². The van der Waals surface area contributed by atoms with Gasteiger partial charge in [0.05, 0.1) is 12.6 Å². The highest BCUT2D eigenvalue weighted by molar-refractivity contribution is 5.77. The molecule has 0 heterocycles. The highest BCUT2D eigenvalue weighted by atomic mass is 16.3. The summed E-state index contributed by atoms with van der Waals surface area (Å²) in [5.41, 5.74) is 2.34. The first kappa shape index (κ1) is 16.0. The molecule has 1 aromatic carbocycles. The Morgan fingerprint density at radius 3 is 2.67 bits per heavy atom. The third kappa shape index (κ3) is 5.14. The van der Waals surface area contributed by atoms with E-state index >= 15 is 0 Å². The molecule has 2 unspecified atom stereocenters. The lowest BCUT2D eigenvalue weighted by molar-refractivity contribution is -0.122. The first-order valence-corrected chi connectivity index (χ1v) is 7.73. The minimum atomic E-state index is -0.192. The smallest absolute Gasteiger partial charge is 0.234 e. The summed E-state index contributed by atoms with van der Waals surface area (Å²) in [5.74, 6) is 0.352. The second kappa shape index (κ2) is 7.57. The van der Waals surface area contributed by atoms with Crippen molar-refractivity contribution in [2.45, 2.75) is 38.8 Å². The summed E-state index contributed by atoms with van der Waals surface area (Å²) in [6.45, 7) is 3.79. The van der Waals surface area contributed by atoms with Gasteiger partial charge in [-0.1, -0.05) is 36.2 Å². The summed E-state index contributed by atoms with van der Waals surface area (Å²) in [4.78, 5) is 13.9. The summed E-state index contributed by atoms with van der Waals surface area (Å²) in [5, 5.41) is 12.8. The van der Waals surface area contributed by atoms with Crippen molar-refractivity contribution in [3.8, 4) is 0 Å². The first-order chi connectivity index (χ1) is 10.0. The summed E-state index contributed by atoms with van der Waals surface area (Å²) < 4.78 is 0. The Morgan fingerprint density at radius 2 is 2.05 bits per heavy atom. The van der Waals surface area contributed by atoms with Gasteiger partial charge in [0.25, 0.3) is 0 Å². The van der Waals surface area contributed by atoms with E-state index in [1.165, 1.54) is 5.56 Å².